The number of alkyl halides is 3. The molecule has 2 aliphatic rings. The Labute approximate surface area is 201 Å². The number of carbonyl (C=O) groups is 2. The number of benzene rings is 2. The molecule has 10 heteroatoms. The van der Waals surface area contributed by atoms with Crippen molar-refractivity contribution < 1.29 is 27.9 Å². The SMILES string of the molecule is Nc1cccc(C2(O)CCC(N3CC(NC(=O)CNC(=O)c4cccc(C(F)(F)F)c4)C3)CC2)c1. The standard InChI is InChI=1S/C25H29F3N4O3/c26-25(27,28)18-5-1-3-16(11-18)23(34)30-13-22(33)31-20-14-32(15-20)21-7-9-24(35,10-8-21)17-4-2-6-19(29)12-17/h1-6,11-12,20-21,35H,7-10,13-15,29H2,(H,30,34)(H,31,33). The Morgan fingerprint density at radius 1 is 1.09 bits per heavy atom. The quantitative estimate of drug-likeness (QED) is 0.466. The maximum Gasteiger partial charge on any atom is 0.416 e. The molecule has 1 saturated carbocycles. The topological polar surface area (TPSA) is 108 Å². The molecule has 4 rings (SSSR count). The van der Waals surface area contributed by atoms with E-state index >= 15 is 0 Å². The average molecular weight is 491 g/mol. The summed E-state index contributed by atoms with van der Waals surface area (Å²) in [4.78, 5) is 26.6. The van der Waals surface area contributed by atoms with E-state index in [1.54, 1.807) is 6.07 Å². The van der Waals surface area contributed by atoms with Gasteiger partial charge in [0, 0.05) is 30.4 Å². The number of hydrogen-bond donors (Lipinski definition) is 4. The van der Waals surface area contributed by atoms with Crippen LogP contribution in [-0.4, -0.2) is 53.5 Å². The molecule has 0 atom stereocenters. The van der Waals surface area contributed by atoms with Gasteiger partial charge in [0.05, 0.1) is 23.8 Å². The Kier molecular flexibility index (Phi) is 7.05. The molecule has 0 radical (unpaired) electrons. The molecule has 2 amide bonds. The van der Waals surface area contributed by atoms with Crippen molar-refractivity contribution in [2.24, 2.45) is 0 Å². The van der Waals surface area contributed by atoms with Crippen molar-refractivity contribution in [3.63, 3.8) is 0 Å². The Hall–Kier alpha value is -3.11. The highest BCUT2D eigenvalue weighted by Crippen LogP contribution is 2.40. The van der Waals surface area contributed by atoms with Crippen LogP contribution in [0.4, 0.5) is 18.9 Å². The molecule has 1 saturated heterocycles. The molecule has 2 aromatic carbocycles. The number of nitrogens with one attached hydrogen (secondary N) is 2. The average Bonchev–Trinajstić information content (AvgIpc) is 2.80. The monoisotopic (exact) mass is 490 g/mol. The summed E-state index contributed by atoms with van der Waals surface area (Å²) in [7, 11) is 0. The molecule has 0 unspecified atom stereocenters. The number of likely N-dealkylation sites (tertiary alicyclic amines) is 1. The lowest BCUT2D eigenvalue weighted by Gasteiger charge is -2.48. The molecule has 188 valence electrons. The second kappa shape index (κ2) is 9.87. The molecular formula is C25H29F3N4O3. The molecule has 1 aliphatic heterocycles. The number of carbonyl (C=O) groups excluding carboxylic acids is 2. The van der Waals surface area contributed by atoms with Crippen LogP contribution in [0.2, 0.25) is 0 Å². The number of halogens is 3. The third kappa shape index (κ3) is 5.94. The fraction of sp³-hybridized carbons (Fsp3) is 0.440. The van der Waals surface area contributed by atoms with Crippen molar-refractivity contribution in [2.75, 3.05) is 25.4 Å². The minimum Gasteiger partial charge on any atom is -0.399 e. The van der Waals surface area contributed by atoms with Gasteiger partial charge in [0.2, 0.25) is 5.91 Å². The number of rotatable bonds is 6. The van der Waals surface area contributed by atoms with Gasteiger partial charge in [-0.05, 0) is 61.6 Å². The molecule has 5 N–H and O–H groups in total. The lowest BCUT2D eigenvalue weighted by molar-refractivity contribution is -0.137. The van der Waals surface area contributed by atoms with E-state index < -0.39 is 29.2 Å². The minimum atomic E-state index is -4.55. The van der Waals surface area contributed by atoms with Gasteiger partial charge in [0.15, 0.2) is 0 Å². The van der Waals surface area contributed by atoms with E-state index in [4.69, 9.17) is 5.73 Å². The fourth-order valence-electron chi connectivity index (χ4n) is 4.84. The summed E-state index contributed by atoms with van der Waals surface area (Å²) in [5, 5.41) is 16.3. The van der Waals surface area contributed by atoms with Crippen LogP contribution in [-0.2, 0) is 16.6 Å². The van der Waals surface area contributed by atoms with Crippen LogP contribution in [0, 0.1) is 0 Å². The van der Waals surface area contributed by atoms with E-state index in [1.165, 1.54) is 6.07 Å². The molecule has 2 aromatic rings. The smallest absolute Gasteiger partial charge is 0.399 e. The second-order valence-corrected chi connectivity index (χ2v) is 9.37. The van der Waals surface area contributed by atoms with Gasteiger partial charge in [-0.3, -0.25) is 14.5 Å². The highest BCUT2D eigenvalue weighted by Gasteiger charge is 2.40. The first-order valence-corrected chi connectivity index (χ1v) is 11.6. The molecule has 2 fully saturated rings. The first kappa shape index (κ1) is 25.0. The summed E-state index contributed by atoms with van der Waals surface area (Å²) in [6.45, 7) is 1.03. The Balaban J connectivity index is 1.18. The summed E-state index contributed by atoms with van der Waals surface area (Å²) >= 11 is 0. The summed E-state index contributed by atoms with van der Waals surface area (Å²) in [5.74, 6) is -1.13. The second-order valence-electron chi connectivity index (χ2n) is 9.37. The van der Waals surface area contributed by atoms with Crippen molar-refractivity contribution in [1.29, 1.82) is 0 Å². The van der Waals surface area contributed by atoms with Crippen LogP contribution in [0.15, 0.2) is 48.5 Å². The van der Waals surface area contributed by atoms with Crippen LogP contribution >= 0.6 is 0 Å². The highest BCUT2D eigenvalue weighted by atomic mass is 19.4. The lowest BCUT2D eigenvalue weighted by atomic mass is 9.76. The van der Waals surface area contributed by atoms with Crippen molar-refractivity contribution in [3.8, 4) is 0 Å². The van der Waals surface area contributed by atoms with Gasteiger partial charge in [-0.25, -0.2) is 0 Å². The van der Waals surface area contributed by atoms with E-state index in [9.17, 15) is 27.9 Å². The first-order chi connectivity index (χ1) is 16.5. The third-order valence-corrected chi connectivity index (χ3v) is 6.86. The Morgan fingerprint density at radius 3 is 2.43 bits per heavy atom. The number of amides is 2. The molecule has 1 heterocycles. The van der Waals surface area contributed by atoms with Gasteiger partial charge in [-0.2, -0.15) is 13.2 Å². The Bertz CT molecular complexity index is 1080. The fourth-order valence-corrected chi connectivity index (χ4v) is 4.84. The number of aliphatic hydroxyl groups is 1. The van der Waals surface area contributed by atoms with Crippen molar-refractivity contribution in [3.05, 3.63) is 65.2 Å². The maximum absolute atomic E-state index is 12.8. The molecule has 0 spiro atoms. The van der Waals surface area contributed by atoms with Gasteiger partial charge in [-0.15, -0.1) is 0 Å². The molecule has 35 heavy (non-hydrogen) atoms. The normalized spacial score (nSPS) is 23.4. The van der Waals surface area contributed by atoms with Crippen LogP contribution in [0.25, 0.3) is 0 Å². The number of anilines is 1. The van der Waals surface area contributed by atoms with Crippen molar-refractivity contribution >= 4 is 17.5 Å². The zero-order chi connectivity index (χ0) is 25.2. The van der Waals surface area contributed by atoms with Crippen LogP contribution in [0.5, 0.6) is 0 Å². The first-order valence-electron chi connectivity index (χ1n) is 11.6. The summed E-state index contributed by atoms with van der Waals surface area (Å²) in [5.41, 5.74) is 5.38. The molecule has 7 nitrogen and oxygen atoms in total. The van der Waals surface area contributed by atoms with E-state index in [1.807, 2.05) is 18.2 Å². The maximum atomic E-state index is 12.8. The van der Waals surface area contributed by atoms with Crippen LogP contribution in [0.3, 0.4) is 0 Å². The van der Waals surface area contributed by atoms with Crippen LogP contribution < -0.4 is 16.4 Å². The zero-order valence-electron chi connectivity index (χ0n) is 19.1. The van der Waals surface area contributed by atoms with Gasteiger partial charge >= 0.3 is 6.18 Å². The third-order valence-electron chi connectivity index (χ3n) is 6.86. The summed E-state index contributed by atoms with van der Waals surface area (Å²) in [6.07, 6.45) is -1.61. The van der Waals surface area contributed by atoms with Gasteiger partial charge in [0.25, 0.3) is 5.91 Å². The Morgan fingerprint density at radius 2 is 1.77 bits per heavy atom. The van der Waals surface area contributed by atoms with E-state index in [-0.39, 0.29) is 18.2 Å². The summed E-state index contributed by atoms with van der Waals surface area (Å²) in [6, 6.07) is 11.7. The summed E-state index contributed by atoms with van der Waals surface area (Å²) < 4.78 is 38.4. The molecule has 0 bridgehead atoms. The molecule has 1 aliphatic carbocycles. The lowest BCUT2D eigenvalue weighted by Crippen LogP contribution is -2.63. The van der Waals surface area contributed by atoms with E-state index in [0.29, 0.717) is 37.7 Å². The number of nitrogens with two attached hydrogens (primary N) is 1. The predicted octanol–water partition coefficient (Wildman–Crippen LogP) is 2.65. The van der Waals surface area contributed by atoms with E-state index in [2.05, 4.69) is 15.5 Å². The highest BCUT2D eigenvalue weighted by molar-refractivity contribution is 5.96. The molecular weight excluding hydrogens is 461 g/mol. The van der Waals surface area contributed by atoms with Crippen LogP contribution in [0.1, 0.15) is 47.2 Å². The van der Waals surface area contributed by atoms with E-state index in [0.717, 1.165) is 36.6 Å². The number of nitrogen functional groups attached to an aromatic ring is 1. The largest absolute Gasteiger partial charge is 0.416 e. The van der Waals surface area contributed by atoms with Gasteiger partial charge < -0.3 is 21.5 Å². The number of nitrogens with zero attached hydrogens (tertiary/aromatic N) is 1. The predicted molar refractivity (Wildman–Crippen MR) is 124 cm³/mol. The van der Waals surface area contributed by atoms with Gasteiger partial charge in [0.1, 0.15) is 0 Å². The number of hydrogen-bond acceptors (Lipinski definition) is 5. The zero-order valence-corrected chi connectivity index (χ0v) is 19.1. The molecule has 0 aromatic heterocycles. The minimum absolute atomic E-state index is 0.0531. The van der Waals surface area contributed by atoms with Crippen molar-refractivity contribution in [1.82, 2.24) is 15.5 Å². The van der Waals surface area contributed by atoms with Gasteiger partial charge in [-0.1, -0.05) is 18.2 Å². The van der Waals surface area contributed by atoms with Crippen molar-refractivity contribution in [2.45, 2.75) is 49.5 Å².